The van der Waals surface area contributed by atoms with Crippen LogP contribution in [0.3, 0.4) is 0 Å². The average Bonchev–Trinajstić information content (AvgIpc) is 2.96. The Kier molecular flexibility index (Phi) is 3.50. The molecule has 1 rings (SSSR count). The molecule has 0 heterocycles. The van der Waals surface area contributed by atoms with Crippen molar-refractivity contribution >= 4 is 5.97 Å². The van der Waals surface area contributed by atoms with Gasteiger partial charge in [-0.2, -0.15) is 0 Å². The molecule has 0 amide bonds. The Morgan fingerprint density at radius 3 is 2.50 bits per heavy atom. The highest BCUT2D eigenvalue weighted by molar-refractivity contribution is 5.76. The van der Waals surface area contributed by atoms with Crippen molar-refractivity contribution in [2.45, 2.75) is 26.2 Å². The van der Waals surface area contributed by atoms with Gasteiger partial charge in [0.25, 0.3) is 0 Å². The van der Waals surface area contributed by atoms with Gasteiger partial charge >= 0.3 is 5.97 Å². The lowest BCUT2D eigenvalue weighted by Crippen LogP contribution is -2.42. The van der Waals surface area contributed by atoms with Gasteiger partial charge in [0.15, 0.2) is 0 Å². The molecule has 1 aliphatic rings. The van der Waals surface area contributed by atoms with E-state index in [2.05, 4.69) is 0 Å². The molecule has 0 bridgehead atoms. The molecule has 0 spiro atoms. The average molecular weight is 201 g/mol. The number of hydrogen-bond donors (Lipinski definition) is 3. The third kappa shape index (κ3) is 2.07. The van der Waals surface area contributed by atoms with Crippen molar-refractivity contribution < 1.29 is 15.0 Å². The summed E-state index contributed by atoms with van der Waals surface area (Å²) in [6.45, 7) is 2.06. The molecular weight excluding hydrogens is 182 g/mol. The smallest absolute Gasteiger partial charge is 0.311 e. The summed E-state index contributed by atoms with van der Waals surface area (Å²) in [5.74, 6) is -0.572. The summed E-state index contributed by atoms with van der Waals surface area (Å²) in [7, 11) is 0. The van der Waals surface area contributed by atoms with E-state index in [-0.39, 0.29) is 25.0 Å². The van der Waals surface area contributed by atoms with Gasteiger partial charge in [-0.1, -0.05) is 6.92 Å². The zero-order valence-electron chi connectivity index (χ0n) is 8.57. The first-order valence-corrected chi connectivity index (χ1v) is 5.11. The first kappa shape index (κ1) is 11.5. The minimum atomic E-state index is -0.803. The highest BCUT2D eigenvalue weighted by atomic mass is 16.4. The quantitative estimate of drug-likeness (QED) is 0.582. The topological polar surface area (TPSA) is 83.5 Å². The van der Waals surface area contributed by atoms with Gasteiger partial charge in [0, 0.05) is 13.2 Å². The number of hydrogen-bond acceptors (Lipinski definition) is 3. The largest absolute Gasteiger partial charge is 0.481 e. The fraction of sp³-hybridized carbons (Fsp3) is 0.900. The molecule has 14 heavy (non-hydrogen) atoms. The lowest BCUT2D eigenvalue weighted by molar-refractivity contribution is -0.151. The molecule has 1 aliphatic carbocycles. The van der Waals surface area contributed by atoms with Crippen LogP contribution in [0.15, 0.2) is 0 Å². The van der Waals surface area contributed by atoms with Crippen molar-refractivity contribution in [3.8, 4) is 0 Å². The monoisotopic (exact) mass is 201 g/mol. The van der Waals surface area contributed by atoms with E-state index in [1.807, 2.05) is 6.92 Å². The van der Waals surface area contributed by atoms with E-state index in [0.717, 1.165) is 12.8 Å². The predicted octanol–water partition coefficient (Wildman–Crippen LogP) is 0.445. The summed E-state index contributed by atoms with van der Waals surface area (Å²) in [5.41, 5.74) is 4.80. The Morgan fingerprint density at radius 1 is 1.64 bits per heavy atom. The Balaban J connectivity index is 2.73. The molecule has 4 heteroatoms. The number of aliphatic hydroxyl groups excluding tert-OH is 1. The van der Waals surface area contributed by atoms with Crippen LogP contribution in [0.25, 0.3) is 0 Å². The van der Waals surface area contributed by atoms with Crippen LogP contribution in [-0.2, 0) is 4.79 Å². The molecule has 0 saturated heterocycles. The summed E-state index contributed by atoms with van der Waals surface area (Å²) in [4.78, 5) is 11.2. The van der Waals surface area contributed by atoms with Gasteiger partial charge < -0.3 is 15.9 Å². The molecule has 4 nitrogen and oxygen atoms in total. The summed E-state index contributed by atoms with van der Waals surface area (Å²) in [5, 5.41) is 18.2. The minimum absolute atomic E-state index is 0.00949. The van der Waals surface area contributed by atoms with Gasteiger partial charge in [-0.25, -0.2) is 0 Å². The maximum absolute atomic E-state index is 11.2. The van der Waals surface area contributed by atoms with Gasteiger partial charge in [0.1, 0.15) is 0 Å². The molecule has 0 aromatic carbocycles. The zero-order chi connectivity index (χ0) is 10.8. The van der Waals surface area contributed by atoms with Crippen LogP contribution in [0.5, 0.6) is 0 Å². The summed E-state index contributed by atoms with van der Waals surface area (Å²) in [6, 6.07) is 0. The number of aliphatic hydroxyl groups is 1. The third-order valence-corrected chi connectivity index (χ3v) is 3.17. The van der Waals surface area contributed by atoms with E-state index < -0.39 is 11.4 Å². The lowest BCUT2D eigenvalue weighted by atomic mass is 9.75. The predicted molar refractivity (Wildman–Crippen MR) is 52.7 cm³/mol. The van der Waals surface area contributed by atoms with Gasteiger partial charge in [-0.05, 0) is 31.1 Å². The van der Waals surface area contributed by atoms with Gasteiger partial charge in [0.2, 0.25) is 0 Å². The molecule has 1 saturated carbocycles. The number of rotatable bonds is 6. The highest BCUT2D eigenvalue weighted by Gasteiger charge is 2.50. The molecule has 2 unspecified atom stereocenters. The van der Waals surface area contributed by atoms with E-state index in [1.165, 1.54) is 0 Å². The van der Waals surface area contributed by atoms with E-state index >= 15 is 0 Å². The molecule has 0 radical (unpaired) electrons. The van der Waals surface area contributed by atoms with Crippen molar-refractivity contribution in [2.75, 3.05) is 13.2 Å². The number of carboxylic acid groups (broad SMARTS) is 1. The lowest BCUT2D eigenvalue weighted by Gasteiger charge is -2.30. The second-order valence-electron chi connectivity index (χ2n) is 4.43. The highest BCUT2D eigenvalue weighted by Crippen LogP contribution is 2.48. The summed E-state index contributed by atoms with van der Waals surface area (Å²) < 4.78 is 0. The van der Waals surface area contributed by atoms with E-state index in [4.69, 9.17) is 10.8 Å². The van der Waals surface area contributed by atoms with E-state index in [0.29, 0.717) is 6.42 Å². The molecule has 4 N–H and O–H groups in total. The van der Waals surface area contributed by atoms with Gasteiger partial charge in [0.05, 0.1) is 5.41 Å². The number of aliphatic carboxylic acids is 1. The van der Waals surface area contributed by atoms with E-state index in [9.17, 15) is 9.90 Å². The van der Waals surface area contributed by atoms with Crippen LogP contribution >= 0.6 is 0 Å². The first-order chi connectivity index (χ1) is 6.56. The van der Waals surface area contributed by atoms with Crippen LogP contribution in [0.4, 0.5) is 0 Å². The number of carboxylic acids is 1. The summed E-state index contributed by atoms with van der Waals surface area (Å²) >= 11 is 0. The van der Waals surface area contributed by atoms with Crippen LogP contribution in [0, 0.1) is 17.3 Å². The normalized spacial score (nSPS) is 22.8. The molecular formula is C10H19NO3. The summed E-state index contributed by atoms with van der Waals surface area (Å²) in [6.07, 6.45) is 2.41. The maximum Gasteiger partial charge on any atom is 0.311 e. The Bertz CT molecular complexity index is 215. The molecule has 0 aromatic heterocycles. The third-order valence-electron chi connectivity index (χ3n) is 3.17. The van der Waals surface area contributed by atoms with Crippen LogP contribution in [0.2, 0.25) is 0 Å². The van der Waals surface area contributed by atoms with Crippen molar-refractivity contribution in [2.24, 2.45) is 23.0 Å². The Hall–Kier alpha value is -0.610. The van der Waals surface area contributed by atoms with Crippen molar-refractivity contribution in [1.29, 1.82) is 0 Å². The molecule has 0 aliphatic heterocycles. The standard InChI is InChI=1S/C10H19NO3/c1-7(5-12)4-10(6-11,9(13)14)8-2-3-8/h7-8,12H,2-6,11H2,1H3,(H,13,14). The van der Waals surface area contributed by atoms with Gasteiger partial charge in [-0.15, -0.1) is 0 Å². The van der Waals surface area contributed by atoms with Crippen molar-refractivity contribution in [3.05, 3.63) is 0 Å². The zero-order valence-corrected chi connectivity index (χ0v) is 8.57. The Morgan fingerprint density at radius 2 is 2.21 bits per heavy atom. The Labute approximate surface area is 84.1 Å². The van der Waals surface area contributed by atoms with Crippen molar-refractivity contribution in [3.63, 3.8) is 0 Å². The maximum atomic E-state index is 11.2. The molecule has 1 fully saturated rings. The molecule has 82 valence electrons. The van der Waals surface area contributed by atoms with Crippen LogP contribution in [-0.4, -0.2) is 29.3 Å². The second kappa shape index (κ2) is 4.28. The van der Waals surface area contributed by atoms with E-state index in [1.54, 1.807) is 0 Å². The SMILES string of the molecule is CC(CO)CC(CN)(C(=O)O)C1CC1. The fourth-order valence-corrected chi connectivity index (χ4v) is 2.09. The second-order valence-corrected chi connectivity index (χ2v) is 4.43. The van der Waals surface area contributed by atoms with Gasteiger partial charge in [-0.3, -0.25) is 4.79 Å². The first-order valence-electron chi connectivity index (χ1n) is 5.11. The minimum Gasteiger partial charge on any atom is -0.481 e. The number of carbonyl (C=O) groups is 1. The number of nitrogens with two attached hydrogens (primary N) is 1. The molecule has 0 aromatic rings. The van der Waals surface area contributed by atoms with Crippen molar-refractivity contribution in [1.82, 2.24) is 0 Å². The molecule has 2 atom stereocenters. The fourth-order valence-electron chi connectivity index (χ4n) is 2.09. The van der Waals surface area contributed by atoms with Crippen LogP contribution in [0.1, 0.15) is 26.2 Å². The van der Waals surface area contributed by atoms with Crippen LogP contribution < -0.4 is 5.73 Å².